The van der Waals surface area contributed by atoms with Gasteiger partial charge in [-0.15, -0.1) is 0 Å². The van der Waals surface area contributed by atoms with Crippen molar-refractivity contribution in [3.63, 3.8) is 0 Å². The second-order valence-corrected chi connectivity index (χ2v) is 11.6. The fourth-order valence-electron chi connectivity index (χ4n) is 4.97. The highest BCUT2D eigenvalue weighted by Gasteiger charge is 2.45. The molecule has 2 atom stereocenters. The Balaban J connectivity index is 1.54. The van der Waals surface area contributed by atoms with Gasteiger partial charge in [0.25, 0.3) is 0 Å². The van der Waals surface area contributed by atoms with Crippen LogP contribution in [-0.2, 0) is 16.3 Å². The first-order chi connectivity index (χ1) is 16.4. The van der Waals surface area contributed by atoms with Crippen LogP contribution in [0.15, 0.2) is 89.5 Å². The summed E-state index contributed by atoms with van der Waals surface area (Å²) in [4.78, 5) is 0. The van der Waals surface area contributed by atoms with Crippen LogP contribution < -0.4 is 0 Å². The topological polar surface area (TPSA) is 49.7 Å². The summed E-state index contributed by atoms with van der Waals surface area (Å²) >= 11 is 0. The van der Waals surface area contributed by atoms with E-state index in [4.69, 9.17) is 5.10 Å². The minimum absolute atomic E-state index is 0.0450. The predicted molar refractivity (Wildman–Crippen MR) is 140 cm³/mol. The molecule has 1 saturated heterocycles. The molecule has 0 N–H and O–H groups in total. The van der Waals surface area contributed by atoms with Crippen molar-refractivity contribution in [1.29, 1.82) is 0 Å². The maximum atomic E-state index is 13.1. The molecule has 2 unspecified atom stereocenters. The minimum atomic E-state index is -3.23. The van der Waals surface area contributed by atoms with Crippen molar-refractivity contribution in [2.45, 2.75) is 26.3 Å². The number of rotatable bonds is 5. The van der Waals surface area contributed by atoms with Crippen LogP contribution >= 0.6 is 0 Å². The lowest BCUT2D eigenvalue weighted by Crippen LogP contribution is -2.37. The second-order valence-electron chi connectivity index (χ2n) is 9.48. The van der Waals surface area contributed by atoms with E-state index in [0.29, 0.717) is 0 Å². The zero-order chi connectivity index (χ0) is 23.7. The molecule has 34 heavy (non-hydrogen) atoms. The van der Waals surface area contributed by atoms with E-state index < -0.39 is 9.84 Å². The number of hydrazone groups is 1. The molecule has 0 aliphatic carbocycles. The Morgan fingerprint density at radius 3 is 2.24 bits per heavy atom. The summed E-state index contributed by atoms with van der Waals surface area (Å²) in [5.41, 5.74) is 7.50. The second kappa shape index (κ2) is 9.22. The Bertz CT molecular complexity index is 1330. The number of sulfone groups is 1. The minimum Gasteiger partial charge on any atom is -0.288 e. The van der Waals surface area contributed by atoms with Crippen molar-refractivity contribution in [2.75, 3.05) is 18.1 Å². The average Bonchev–Trinajstić information content (AvgIpc) is 3.18. The van der Waals surface area contributed by atoms with E-state index in [0.717, 1.165) is 35.4 Å². The Morgan fingerprint density at radius 1 is 0.912 bits per heavy atom. The Labute approximate surface area is 202 Å². The molecule has 0 aromatic heterocycles. The Kier molecular flexibility index (Phi) is 6.13. The third kappa shape index (κ3) is 4.85. The predicted octanol–water partition coefficient (Wildman–Crippen LogP) is 5.39. The van der Waals surface area contributed by atoms with Crippen LogP contribution in [0.1, 0.15) is 33.9 Å². The van der Waals surface area contributed by atoms with Crippen molar-refractivity contribution in [1.82, 2.24) is 5.01 Å². The molecule has 2 aliphatic rings. The van der Waals surface area contributed by atoms with Gasteiger partial charge in [-0.2, -0.15) is 5.10 Å². The van der Waals surface area contributed by atoms with Gasteiger partial charge in [0.05, 0.1) is 23.3 Å². The quantitative estimate of drug-likeness (QED) is 0.503. The number of hydrogen-bond acceptors (Lipinski definition) is 4. The molecular weight excluding hydrogens is 440 g/mol. The SMILES string of the molecule is Cc1ccc(/C=C2\CS(=O)(=O)CC3C2=NN(CCc2ccccc2)C3c2ccc(C)cc2)cc1. The van der Waals surface area contributed by atoms with Crippen molar-refractivity contribution < 1.29 is 8.42 Å². The molecule has 4 nitrogen and oxygen atoms in total. The molecule has 0 radical (unpaired) electrons. The van der Waals surface area contributed by atoms with Gasteiger partial charge in [-0.3, -0.25) is 5.01 Å². The smallest absolute Gasteiger partial charge is 0.155 e. The van der Waals surface area contributed by atoms with Crippen LogP contribution in [0.4, 0.5) is 0 Å². The summed E-state index contributed by atoms with van der Waals surface area (Å²) in [5, 5.41) is 7.21. The highest BCUT2D eigenvalue weighted by atomic mass is 32.2. The summed E-state index contributed by atoms with van der Waals surface area (Å²) in [6.07, 6.45) is 2.87. The normalized spacial score (nSPS) is 22.5. The van der Waals surface area contributed by atoms with Crippen LogP contribution in [0.5, 0.6) is 0 Å². The molecule has 1 fully saturated rings. The molecule has 0 spiro atoms. The molecule has 5 heteroatoms. The summed E-state index contributed by atoms with van der Waals surface area (Å²) in [5.74, 6) is 0.00906. The van der Waals surface area contributed by atoms with Gasteiger partial charge in [0, 0.05) is 12.5 Å². The van der Waals surface area contributed by atoms with Gasteiger partial charge in [-0.1, -0.05) is 90.0 Å². The molecule has 174 valence electrons. The zero-order valence-corrected chi connectivity index (χ0v) is 20.5. The molecule has 5 rings (SSSR count). The third-order valence-corrected chi connectivity index (χ3v) is 8.35. The lowest BCUT2D eigenvalue weighted by atomic mass is 9.87. The maximum Gasteiger partial charge on any atom is 0.155 e. The molecular formula is C29H30N2O2S. The molecule has 2 heterocycles. The van der Waals surface area contributed by atoms with Crippen LogP contribution in [0, 0.1) is 19.8 Å². The molecule has 0 amide bonds. The van der Waals surface area contributed by atoms with Gasteiger partial charge < -0.3 is 0 Å². The van der Waals surface area contributed by atoms with E-state index in [9.17, 15) is 8.42 Å². The van der Waals surface area contributed by atoms with Crippen molar-refractivity contribution in [3.05, 3.63) is 112 Å². The maximum absolute atomic E-state index is 13.1. The van der Waals surface area contributed by atoms with E-state index in [1.165, 1.54) is 16.7 Å². The molecule has 3 aromatic rings. The third-order valence-electron chi connectivity index (χ3n) is 6.74. The van der Waals surface area contributed by atoms with Gasteiger partial charge in [0.15, 0.2) is 9.84 Å². The van der Waals surface area contributed by atoms with Gasteiger partial charge in [0.2, 0.25) is 0 Å². The average molecular weight is 471 g/mol. The summed E-state index contributed by atoms with van der Waals surface area (Å²) in [7, 11) is -3.23. The number of aryl methyl sites for hydroxylation is 2. The molecule has 2 aliphatic heterocycles. The Hall–Kier alpha value is -3.18. The van der Waals surface area contributed by atoms with E-state index in [2.05, 4.69) is 79.5 Å². The highest BCUT2D eigenvalue weighted by Crippen LogP contribution is 2.41. The van der Waals surface area contributed by atoms with E-state index in [1.54, 1.807) is 0 Å². The zero-order valence-electron chi connectivity index (χ0n) is 19.7. The highest BCUT2D eigenvalue weighted by molar-refractivity contribution is 7.91. The van der Waals surface area contributed by atoms with Gasteiger partial charge >= 0.3 is 0 Å². The molecule has 3 aromatic carbocycles. The van der Waals surface area contributed by atoms with Crippen molar-refractivity contribution in [3.8, 4) is 0 Å². The van der Waals surface area contributed by atoms with Gasteiger partial charge in [0.1, 0.15) is 0 Å². The van der Waals surface area contributed by atoms with E-state index >= 15 is 0 Å². The fraction of sp³-hybridized carbons (Fsp3) is 0.276. The van der Waals surface area contributed by atoms with Crippen LogP contribution in [-0.4, -0.2) is 37.2 Å². The number of nitrogens with zero attached hydrogens (tertiary/aromatic N) is 2. The number of benzene rings is 3. The lowest BCUT2D eigenvalue weighted by Gasteiger charge is -2.30. The first kappa shape index (κ1) is 22.6. The number of fused-ring (bicyclic) bond motifs is 1. The summed E-state index contributed by atoms with van der Waals surface area (Å²) in [6.45, 7) is 4.86. The van der Waals surface area contributed by atoms with Crippen LogP contribution in [0.25, 0.3) is 6.08 Å². The fourth-order valence-corrected chi connectivity index (χ4v) is 6.68. The molecule has 0 saturated carbocycles. The Morgan fingerprint density at radius 2 is 1.56 bits per heavy atom. The van der Waals surface area contributed by atoms with Crippen LogP contribution in [0.3, 0.4) is 0 Å². The van der Waals surface area contributed by atoms with E-state index in [1.807, 2.05) is 24.3 Å². The number of hydrogen-bond donors (Lipinski definition) is 0. The van der Waals surface area contributed by atoms with Crippen molar-refractivity contribution in [2.24, 2.45) is 11.0 Å². The van der Waals surface area contributed by atoms with E-state index in [-0.39, 0.29) is 23.5 Å². The van der Waals surface area contributed by atoms with Crippen molar-refractivity contribution >= 4 is 21.6 Å². The first-order valence-corrected chi connectivity index (χ1v) is 13.6. The summed E-state index contributed by atoms with van der Waals surface area (Å²) < 4.78 is 26.1. The summed E-state index contributed by atoms with van der Waals surface area (Å²) in [6, 6.07) is 26.9. The standard InChI is InChI=1S/C29H30N2O2S/c1-21-8-12-24(13-9-21)18-26-19-34(32,33)20-27-28(26)30-31(17-16-23-6-4-3-5-7-23)29(27)25-14-10-22(2)11-15-25/h3-15,18,27,29H,16-17,19-20H2,1-2H3/b26-18+. The molecule has 0 bridgehead atoms. The van der Waals surface area contributed by atoms with Gasteiger partial charge in [-0.05, 0) is 48.6 Å². The lowest BCUT2D eigenvalue weighted by molar-refractivity contribution is 0.211. The van der Waals surface area contributed by atoms with Crippen LogP contribution in [0.2, 0.25) is 0 Å². The first-order valence-electron chi connectivity index (χ1n) is 11.8. The van der Waals surface area contributed by atoms with Gasteiger partial charge in [-0.25, -0.2) is 8.42 Å². The monoisotopic (exact) mass is 470 g/mol. The largest absolute Gasteiger partial charge is 0.288 e.